The van der Waals surface area contributed by atoms with E-state index in [0.717, 1.165) is 18.2 Å². The van der Waals surface area contributed by atoms with Crippen LogP contribution in [0.3, 0.4) is 0 Å². The first kappa shape index (κ1) is 25.6. The Labute approximate surface area is 198 Å². The average molecular weight is 474 g/mol. The molecule has 2 aromatic rings. The molecule has 0 saturated carbocycles. The Morgan fingerprint density at radius 3 is 2.68 bits per heavy atom. The van der Waals surface area contributed by atoms with Crippen LogP contribution in [-0.2, 0) is 14.3 Å². The van der Waals surface area contributed by atoms with Crippen molar-refractivity contribution in [1.29, 1.82) is 0 Å². The summed E-state index contributed by atoms with van der Waals surface area (Å²) in [7, 11) is 0. The van der Waals surface area contributed by atoms with Gasteiger partial charge in [-0.2, -0.15) is 0 Å². The van der Waals surface area contributed by atoms with Gasteiger partial charge in [0.2, 0.25) is 5.91 Å². The largest absolute Gasteiger partial charge is 0.460 e. The number of aliphatic hydroxyl groups is 1. The first-order chi connectivity index (χ1) is 16.1. The number of ether oxygens (including phenoxy) is 1. The Hall–Kier alpha value is -3.07. The quantitative estimate of drug-likeness (QED) is 0.599. The average Bonchev–Trinajstić information content (AvgIpc) is 2.81. The van der Waals surface area contributed by atoms with Crippen LogP contribution >= 0.6 is 0 Å². The van der Waals surface area contributed by atoms with Gasteiger partial charge in [-0.25, -0.2) is 4.39 Å². The van der Waals surface area contributed by atoms with Crippen LogP contribution in [0.2, 0.25) is 0 Å². The fourth-order valence-corrected chi connectivity index (χ4v) is 4.11. The van der Waals surface area contributed by atoms with Crippen molar-refractivity contribution in [2.75, 3.05) is 13.2 Å². The Balaban J connectivity index is 1.79. The zero-order valence-electron chi connectivity index (χ0n) is 19.8. The molecule has 2 amide bonds. The maximum Gasteiger partial charge on any atom is 0.308 e. The second kappa shape index (κ2) is 10.9. The maximum atomic E-state index is 13.4. The molecule has 2 N–H and O–H groups in total. The normalized spacial score (nSPS) is 18.3. The number of nitrogens with zero attached hydrogens (tertiary/aromatic N) is 2. The second-order valence-electron chi connectivity index (χ2n) is 9.52. The third kappa shape index (κ3) is 6.28. The highest BCUT2D eigenvalue weighted by molar-refractivity contribution is 6.06. The van der Waals surface area contributed by atoms with Gasteiger partial charge in [-0.3, -0.25) is 19.4 Å². The van der Waals surface area contributed by atoms with E-state index < -0.39 is 42.3 Å². The number of fused-ring (bicyclic) bond motifs is 1. The Bertz CT molecular complexity index is 1030. The number of carbonyl (C=O) groups excluding carboxylic acids is 3. The van der Waals surface area contributed by atoms with E-state index in [4.69, 9.17) is 4.74 Å². The van der Waals surface area contributed by atoms with Crippen molar-refractivity contribution >= 4 is 28.6 Å². The SMILES string of the molecule is CC(C)(C)OC(=O)CC(NC(=O)[C@@H]1CCCCN1C(=O)c1nccc2ccccc12)C(O)CF. The van der Waals surface area contributed by atoms with Crippen molar-refractivity contribution in [3.63, 3.8) is 0 Å². The molecule has 1 saturated heterocycles. The van der Waals surface area contributed by atoms with Crippen molar-refractivity contribution in [2.45, 2.75) is 70.2 Å². The lowest BCUT2D eigenvalue weighted by atomic mass is 9.98. The summed E-state index contributed by atoms with van der Waals surface area (Å²) in [5.74, 6) is -1.58. The van der Waals surface area contributed by atoms with Crippen LogP contribution in [0.4, 0.5) is 4.39 Å². The molecule has 34 heavy (non-hydrogen) atoms. The van der Waals surface area contributed by atoms with Crippen LogP contribution in [0, 0.1) is 0 Å². The number of carbonyl (C=O) groups is 3. The number of halogens is 1. The number of hydrogen-bond donors (Lipinski definition) is 2. The van der Waals surface area contributed by atoms with Gasteiger partial charge in [0.05, 0.1) is 12.5 Å². The highest BCUT2D eigenvalue weighted by Crippen LogP contribution is 2.24. The molecule has 3 rings (SSSR count). The number of alkyl halides is 1. The molecule has 1 aromatic heterocycles. The summed E-state index contributed by atoms with van der Waals surface area (Å²) >= 11 is 0. The summed E-state index contributed by atoms with van der Waals surface area (Å²) in [6.07, 6.45) is 1.46. The van der Waals surface area contributed by atoms with E-state index in [9.17, 15) is 23.9 Å². The summed E-state index contributed by atoms with van der Waals surface area (Å²) in [4.78, 5) is 44.6. The van der Waals surface area contributed by atoms with E-state index in [2.05, 4.69) is 10.3 Å². The maximum absolute atomic E-state index is 13.4. The third-order valence-electron chi connectivity index (χ3n) is 5.70. The van der Waals surface area contributed by atoms with Gasteiger partial charge < -0.3 is 20.1 Å². The highest BCUT2D eigenvalue weighted by atomic mass is 19.1. The van der Waals surface area contributed by atoms with E-state index in [1.54, 1.807) is 27.0 Å². The van der Waals surface area contributed by atoms with Crippen molar-refractivity contribution in [1.82, 2.24) is 15.2 Å². The van der Waals surface area contributed by atoms with Crippen molar-refractivity contribution < 1.29 is 28.6 Å². The summed E-state index contributed by atoms with van der Waals surface area (Å²) in [5.41, 5.74) is -0.503. The summed E-state index contributed by atoms with van der Waals surface area (Å²) in [6, 6.07) is 7.19. The fourth-order valence-electron chi connectivity index (χ4n) is 4.11. The molecule has 0 radical (unpaired) electrons. The molecule has 8 nitrogen and oxygen atoms in total. The van der Waals surface area contributed by atoms with E-state index in [0.29, 0.717) is 18.4 Å². The van der Waals surface area contributed by atoms with Crippen LogP contribution in [0.1, 0.15) is 56.9 Å². The Kier molecular flexibility index (Phi) is 8.19. The smallest absolute Gasteiger partial charge is 0.308 e. The van der Waals surface area contributed by atoms with Crippen LogP contribution in [-0.4, -0.2) is 69.8 Å². The van der Waals surface area contributed by atoms with Crippen molar-refractivity contribution in [3.8, 4) is 0 Å². The number of piperidine rings is 1. The number of aliphatic hydroxyl groups excluding tert-OH is 1. The minimum absolute atomic E-state index is 0.256. The number of pyridine rings is 1. The summed E-state index contributed by atoms with van der Waals surface area (Å²) < 4.78 is 18.5. The number of esters is 1. The number of nitrogens with one attached hydrogen (secondary N) is 1. The van der Waals surface area contributed by atoms with Gasteiger partial charge >= 0.3 is 5.97 Å². The van der Waals surface area contributed by atoms with E-state index in [-0.39, 0.29) is 18.0 Å². The predicted molar refractivity (Wildman–Crippen MR) is 125 cm³/mol. The van der Waals surface area contributed by atoms with E-state index in [1.807, 2.05) is 30.3 Å². The molecule has 9 heteroatoms. The molecule has 3 atom stereocenters. The zero-order chi connectivity index (χ0) is 24.9. The summed E-state index contributed by atoms with van der Waals surface area (Å²) in [5, 5.41) is 14.2. The minimum atomic E-state index is -1.58. The topological polar surface area (TPSA) is 109 Å². The Morgan fingerprint density at radius 1 is 1.24 bits per heavy atom. The monoisotopic (exact) mass is 473 g/mol. The molecule has 1 aliphatic heterocycles. The van der Waals surface area contributed by atoms with Gasteiger partial charge in [0.15, 0.2) is 0 Å². The predicted octanol–water partition coefficient (Wildman–Crippen LogP) is 2.78. The minimum Gasteiger partial charge on any atom is -0.460 e. The lowest BCUT2D eigenvalue weighted by Gasteiger charge is -2.36. The van der Waals surface area contributed by atoms with Gasteiger partial charge in [-0.05, 0) is 51.5 Å². The molecular formula is C25H32FN3O5. The Morgan fingerprint density at radius 2 is 1.97 bits per heavy atom. The number of aromatic nitrogens is 1. The van der Waals surface area contributed by atoms with Gasteiger partial charge in [0, 0.05) is 18.1 Å². The molecule has 1 aromatic carbocycles. The lowest BCUT2D eigenvalue weighted by Crippen LogP contribution is -2.56. The molecule has 2 heterocycles. The number of hydrogen-bond acceptors (Lipinski definition) is 6. The van der Waals surface area contributed by atoms with Gasteiger partial charge in [0.25, 0.3) is 5.91 Å². The number of amides is 2. The fraction of sp³-hybridized carbons (Fsp3) is 0.520. The molecule has 184 valence electrons. The van der Waals surface area contributed by atoms with Crippen LogP contribution in [0.15, 0.2) is 36.5 Å². The van der Waals surface area contributed by atoms with Gasteiger partial charge in [-0.1, -0.05) is 24.3 Å². The first-order valence-electron chi connectivity index (χ1n) is 11.5. The molecule has 1 aliphatic rings. The molecule has 0 aliphatic carbocycles. The van der Waals surface area contributed by atoms with Crippen molar-refractivity contribution in [2.24, 2.45) is 0 Å². The third-order valence-corrected chi connectivity index (χ3v) is 5.70. The van der Waals surface area contributed by atoms with E-state index in [1.165, 1.54) is 4.90 Å². The number of rotatable bonds is 7. The van der Waals surface area contributed by atoms with E-state index >= 15 is 0 Å². The van der Waals surface area contributed by atoms with Crippen LogP contribution in [0.5, 0.6) is 0 Å². The standard InChI is InChI=1S/C25H32FN3O5/c1-25(2,3)34-21(31)14-18(20(30)15-26)28-23(32)19-10-6-7-13-29(19)24(33)22-17-9-5-4-8-16(17)11-12-27-22/h4-5,8-9,11-12,18-20,30H,6-7,10,13-15H2,1-3H3,(H,28,32)/t18?,19-,20?/m0/s1. The van der Waals surface area contributed by atoms with Crippen molar-refractivity contribution in [3.05, 3.63) is 42.2 Å². The molecular weight excluding hydrogens is 441 g/mol. The second-order valence-corrected chi connectivity index (χ2v) is 9.52. The number of benzene rings is 1. The van der Waals surface area contributed by atoms with Gasteiger partial charge in [0.1, 0.15) is 30.1 Å². The number of likely N-dealkylation sites (tertiary alicyclic amines) is 1. The molecule has 1 fully saturated rings. The first-order valence-corrected chi connectivity index (χ1v) is 11.5. The lowest BCUT2D eigenvalue weighted by molar-refractivity contribution is -0.156. The molecule has 0 spiro atoms. The van der Waals surface area contributed by atoms with Crippen LogP contribution < -0.4 is 5.32 Å². The van der Waals surface area contributed by atoms with Gasteiger partial charge in [-0.15, -0.1) is 0 Å². The van der Waals surface area contributed by atoms with Crippen LogP contribution in [0.25, 0.3) is 10.8 Å². The molecule has 0 bridgehead atoms. The highest BCUT2D eigenvalue weighted by Gasteiger charge is 2.36. The summed E-state index contributed by atoms with van der Waals surface area (Å²) in [6.45, 7) is 4.30. The molecule has 2 unspecified atom stereocenters. The zero-order valence-corrected chi connectivity index (χ0v) is 19.8.